The van der Waals surface area contributed by atoms with Gasteiger partial charge in [0.1, 0.15) is 52.2 Å². The number of carbonyl (C=O) groups excluding carboxylic acids is 6. The van der Waals surface area contributed by atoms with Crippen LogP contribution >= 0.6 is 34.8 Å². The summed E-state index contributed by atoms with van der Waals surface area (Å²) in [6, 6.07) is 41.5. The molecule has 0 radical (unpaired) electrons. The van der Waals surface area contributed by atoms with Crippen LogP contribution in [0.15, 0.2) is 187 Å². The van der Waals surface area contributed by atoms with Gasteiger partial charge in [-0.2, -0.15) is 0 Å². The van der Waals surface area contributed by atoms with E-state index in [0.717, 1.165) is 31.5 Å². The molecule has 0 saturated carbocycles. The van der Waals surface area contributed by atoms with E-state index in [1.165, 1.54) is 110 Å². The predicted molar refractivity (Wildman–Crippen MR) is 354 cm³/mol. The minimum Gasteiger partial charge on any atom is -0.506 e. The number of nitrogen functional groups attached to an aromatic ring is 1. The number of carbonyl (C=O) groups is 6. The lowest BCUT2D eigenvalue weighted by atomic mass is 10.1. The summed E-state index contributed by atoms with van der Waals surface area (Å²) >= 11 is 17.4. The molecule has 92 heavy (non-hydrogen) atoms. The zero-order valence-electron chi connectivity index (χ0n) is 48.5. The first-order valence-electron chi connectivity index (χ1n) is 27.6. The van der Waals surface area contributed by atoms with Crippen LogP contribution in [-0.2, 0) is 0 Å². The van der Waals surface area contributed by atoms with Gasteiger partial charge in [-0.1, -0.05) is 89.4 Å². The van der Waals surface area contributed by atoms with Crippen LogP contribution in [-0.4, -0.2) is 108 Å². The van der Waals surface area contributed by atoms with Gasteiger partial charge in [0, 0.05) is 72.1 Å². The molecule has 1 saturated heterocycles. The number of likely N-dealkylation sites (tertiary alicyclic amines) is 1. The van der Waals surface area contributed by atoms with Gasteiger partial charge in [-0.05, 0) is 122 Å². The standard InChI is InChI=1S/C24H22ClN5O3.C21H18ClN5O3.C20H16ClN5O3/c25-17-10-11-20(27-14-17)28-24(33)18-4-3-5-19(31)21(18)29-23(32)16-8-6-15(7-9-16)22(26)30-12-1-2-13-30;1-24-19(23)12-5-7-13(8-6-12)20(29)27-18-15(3-2-4-16(18)28)21(30)26-17-10-9-14(22)11-25-17;21-13-8-9-16(24-10-13)25-20(29)14-2-1-3-15(27)17(14)26-19(28)12-6-4-11(5-7-12)18(22)23/h3-11,14,26,31H,1-2,12-13H2,(H,29,32)(H,27,28,33);2-11,28H,1H3,(H2,23,24)(H,27,29)(H,25,26,30);1-10,27H,(H3,22,23)(H,26,28)(H,24,25,29). The molecule has 6 aromatic carbocycles. The molecule has 1 aliphatic rings. The fraction of sp³-hybridized carbons (Fsp3) is 0.0769. The number of nitrogens with two attached hydrogens (primary N) is 2. The van der Waals surface area contributed by atoms with Gasteiger partial charge < -0.3 is 63.6 Å². The largest absolute Gasteiger partial charge is 0.506 e. The number of halogens is 3. The second-order valence-electron chi connectivity index (χ2n) is 19.7. The number of aromatic hydroxyl groups is 3. The quantitative estimate of drug-likeness (QED) is 0.0258. The Morgan fingerprint density at radius 3 is 1.02 bits per heavy atom. The average molecular weight is 1300 g/mol. The molecule has 466 valence electrons. The lowest BCUT2D eigenvalue weighted by molar-refractivity contribution is 0.101. The highest BCUT2D eigenvalue weighted by molar-refractivity contribution is 6.31. The van der Waals surface area contributed by atoms with Crippen molar-refractivity contribution in [3.8, 4) is 17.2 Å². The molecule has 9 aromatic rings. The minimum atomic E-state index is -0.571. The number of pyridine rings is 3. The molecule has 24 nitrogen and oxygen atoms in total. The molecule has 6 amide bonds. The summed E-state index contributed by atoms with van der Waals surface area (Å²) in [6.45, 7) is 1.73. The SMILES string of the molecule is CN=C(N)c1ccc(C(=O)Nc2c(O)cccc2C(=O)Nc2ccc(Cl)cn2)cc1.N=C(N)c1ccc(C(=O)Nc2c(O)cccc2C(=O)Nc2ccc(Cl)cn2)cc1.N=C(c1ccc(C(=O)Nc2c(O)cccc2C(=O)Nc2ccc(Cl)cn2)cc1)N1CCCC1. The van der Waals surface area contributed by atoms with E-state index in [1.54, 1.807) is 79.8 Å². The second-order valence-corrected chi connectivity index (χ2v) is 21.0. The maximum absolute atomic E-state index is 12.8. The van der Waals surface area contributed by atoms with Gasteiger partial charge in [0.05, 0.1) is 48.8 Å². The van der Waals surface area contributed by atoms with Crippen molar-refractivity contribution in [3.05, 3.63) is 248 Å². The summed E-state index contributed by atoms with van der Waals surface area (Å²) in [5, 5.41) is 63.2. The van der Waals surface area contributed by atoms with Crippen LogP contribution in [0, 0.1) is 10.8 Å². The Morgan fingerprint density at radius 1 is 0.424 bits per heavy atom. The van der Waals surface area contributed by atoms with Crippen molar-refractivity contribution in [2.75, 3.05) is 52.0 Å². The number of anilines is 6. The fourth-order valence-corrected chi connectivity index (χ4v) is 9.00. The first-order chi connectivity index (χ1) is 44.1. The van der Waals surface area contributed by atoms with Crippen molar-refractivity contribution in [1.82, 2.24) is 19.9 Å². The Bertz CT molecular complexity index is 4250. The highest BCUT2D eigenvalue weighted by atomic mass is 35.5. The van der Waals surface area contributed by atoms with Crippen molar-refractivity contribution < 1.29 is 44.1 Å². The third kappa shape index (κ3) is 17.5. The van der Waals surface area contributed by atoms with E-state index in [4.69, 9.17) is 57.1 Å². The van der Waals surface area contributed by atoms with Crippen molar-refractivity contribution >= 4 is 122 Å². The highest BCUT2D eigenvalue weighted by Gasteiger charge is 2.23. The van der Waals surface area contributed by atoms with Crippen LogP contribution < -0.4 is 43.4 Å². The van der Waals surface area contributed by atoms with Crippen LogP contribution in [0.2, 0.25) is 15.1 Å². The normalized spacial score (nSPS) is 11.5. The molecule has 1 fully saturated rings. The zero-order chi connectivity index (χ0) is 66.0. The summed E-state index contributed by atoms with van der Waals surface area (Å²) < 4.78 is 0. The lowest BCUT2D eigenvalue weighted by Crippen LogP contribution is -2.27. The Labute approximate surface area is 540 Å². The predicted octanol–water partition coefficient (Wildman–Crippen LogP) is 10.9. The highest BCUT2D eigenvalue weighted by Crippen LogP contribution is 2.32. The first kappa shape index (κ1) is 66.2. The number of para-hydroxylation sites is 3. The summed E-state index contributed by atoms with van der Waals surface area (Å²) in [5.41, 5.74) is 14.1. The number of rotatable bonds is 15. The number of nitrogens with one attached hydrogen (secondary N) is 8. The van der Waals surface area contributed by atoms with E-state index in [1.807, 2.05) is 4.90 Å². The molecular weight excluding hydrogens is 1240 g/mol. The third-order valence-electron chi connectivity index (χ3n) is 13.5. The minimum absolute atomic E-state index is 0.0113. The fourth-order valence-electron chi connectivity index (χ4n) is 8.66. The molecule has 0 unspecified atom stereocenters. The van der Waals surface area contributed by atoms with Crippen molar-refractivity contribution in [3.63, 3.8) is 0 Å². The number of nitrogens with zero attached hydrogens (tertiary/aromatic N) is 5. The number of amides is 6. The molecule has 0 spiro atoms. The van der Waals surface area contributed by atoms with Gasteiger partial charge in [-0.3, -0.25) is 44.6 Å². The monoisotopic (exact) mass is 1300 g/mol. The van der Waals surface area contributed by atoms with Gasteiger partial charge in [0.15, 0.2) is 0 Å². The number of aliphatic imine (C=N–C) groups is 1. The van der Waals surface area contributed by atoms with Crippen LogP contribution in [0.5, 0.6) is 17.2 Å². The van der Waals surface area contributed by atoms with Crippen LogP contribution in [0.3, 0.4) is 0 Å². The average Bonchev–Trinajstić information content (AvgIpc) is 1.21. The number of amidine groups is 3. The Balaban J connectivity index is 0.000000178. The smallest absolute Gasteiger partial charge is 0.259 e. The molecule has 1 aliphatic heterocycles. The summed E-state index contributed by atoms with van der Waals surface area (Å²) in [6.07, 6.45) is 6.32. The van der Waals surface area contributed by atoms with E-state index < -0.39 is 35.4 Å². The Hall–Kier alpha value is -11.7. The number of phenolic OH excluding ortho intramolecular Hbond substituents is 3. The van der Waals surface area contributed by atoms with Crippen molar-refractivity contribution in [1.29, 1.82) is 10.8 Å². The lowest BCUT2D eigenvalue weighted by Gasteiger charge is -2.18. The maximum Gasteiger partial charge on any atom is 0.259 e. The Morgan fingerprint density at radius 2 is 0.728 bits per heavy atom. The number of phenols is 3. The molecule has 15 N–H and O–H groups in total. The number of hydrogen-bond acceptors (Lipinski definition) is 15. The molecule has 0 aliphatic carbocycles. The van der Waals surface area contributed by atoms with Gasteiger partial charge >= 0.3 is 0 Å². The zero-order valence-corrected chi connectivity index (χ0v) is 50.7. The Kier molecular flexibility index (Phi) is 22.3. The van der Waals surface area contributed by atoms with Crippen LogP contribution in [0.25, 0.3) is 0 Å². The van der Waals surface area contributed by atoms with E-state index in [-0.39, 0.29) is 79.9 Å². The van der Waals surface area contributed by atoms with Crippen molar-refractivity contribution in [2.24, 2.45) is 16.5 Å². The van der Waals surface area contributed by atoms with E-state index in [9.17, 15) is 44.1 Å². The molecule has 0 bridgehead atoms. The molecule has 0 atom stereocenters. The summed E-state index contributed by atoms with van der Waals surface area (Å²) in [7, 11) is 1.57. The number of benzene rings is 6. The third-order valence-corrected chi connectivity index (χ3v) is 14.1. The van der Waals surface area contributed by atoms with Crippen LogP contribution in [0.1, 0.15) is 91.7 Å². The molecular formula is C65H56Cl3N15O9. The van der Waals surface area contributed by atoms with Gasteiger partial charge in [-0.15, -0.1) is 0 Å². The van der Waals surface area contributed by atoms with E-state index in [0.29, 0.717) is 49.0 Å². The van der Waals surface area contributed by atoms with Gasteiger partial charge in [0.2, 0.25) is 0 Å². The van der Waals surface area contributed by atoms with E-state index >= 15 is 0 Å². The first-order valence-corrected chi connectivity index (χ1v) is 28.7. The van der Waals surface area contributed by atoms with Crippen LogP contribution in [0.4, 0.5) is 34.5 Å². The van der Waals surface area contributed by atoms with E-state index in [2.05, 4.69) is 51.8 Å². The van der Waals surface area contributed by atoms with Crippen molar-refractivity contribution in [2.45, 2.75) is 12.8 Å². The number of hydrogen-bond donors (Lipinski definition) is 13. The summed E-state index contributed by atoms with van der Waals surface area (Å²) in [4.78, 5) is 94.0. The summed E-state index contributed by atoms with van der Waals surface area (Å²) in [5.74, 6) is -2.50. The second kappa shape index (κ2) is 30.9. The van der Waals surface area contributed by atoms with Gasteiger partial charge in [-0.25, -0.2) is 15.0 Å². The maximum atomic E-state index is 12.8. The molecule has 10 rings (SSSR count). The molecule has 27 heteroatoms. The molecule has 3 aromatic heterocycles. The van der Waals surface area contributed by atoms with Gasteiger partial charge in [0.25, 0.3) is 35.4 Å². The molecule has 4 heterocycles. The number of aromatic nitrogens is 3. The topological polar surface area (TPSA) is 389 Å².